The second-order valence-electron chi connectivity index (χ2n) is 12.1. The summed E-state index contributed by atoms with van der Waals surface area (Å²) >= 11 is 6.11. The van der Waals surface area contributed by atoms with Gasteiger partial charge in [0.05, 0.1) is 11.3 Å². The van der Waals surface area contributed by atoms with Crippen LogP contribution in [0.1, 0.15) is 74.9 Å². The van der Waals surface area contributed by atoms with Crippen LogP contribution in [-0.2, 0) is 23.5 Å². The van der Waals surface area contributed by atoms with Crippen molar-refractivity contribution in [2.45, 2.75) is 71.8 Å². The van der Waals surface area contributed by atoms with Crippen LogP contribution in [0.5, 0.6) is 5.75 Å². The van der Waals surface area contributed by atoms with Gasteiger partial charge < -0.3 is 19.6 Å². The summed E-state index contributed by atoms with van der Waals surface area (Å²) in [6, 6.07) is 18.0. The molecule has 1 saturated heterocycles. The van der Waals surface area contributed by atoms with Gasteiger partial charge in [0.2, 0.25) is 5.91 Å². The number of nitrogens with zero attached hydrogens (tertiary/aromatic N) is 3. The molecule has 0 aliphatic carbocycles. The van der Waals surface area contributed by atoms with Crippen LogP contribution in [0.15, 0.2) is 66.9 Å². The van der Waals surface area contributed by atoms with Crippen molar-refractivity contribution in [2.24, 2.45) is 5.92 Å². The van der Waals surface area contributed by atoms with Crippen molar-refractivity contribution in [1.29, 1.82) is 0 Å². The monoisotopic (exact) mass is 587 g/mol. The summed E-state index contributed by atoms with van der Waals surface area (Å²) in [5, 5.41) is 11.4. The van der Waals surface area contributed by atoms with E-state index in [4.69, 9.17) is 16.3 Å². The molecule has 1 amide bonds. The molecule has 2 aliphatic heterocycles. The molecular formula is C35H42ClN3O3. The number of amides is 1. The number of carbonyl (C=O) groups is 1. The lowest BCUT2D eigenvalue weighted by Crippen LogP contribution is -2.44. The first-order valence-corrected chi connectivity index (χ1v) is 15.4. The van der Waals surface area contributed by atoms with Crippen LogP contribution < -0.4 is 4.74 Å². The van der Waals surface area contributed by atoms with Crippen LogP contribution in [0.4, 0.5) is 0 Å². The van der Waals surface area contributed by atoms with Crippen molar-refractivity contribution in [1.82, 2.24) is 14.8 Å². The molecule has 0 saturated carbocycles. The van der Waals surface area contributed by atoms with E-state index in [1.165, 1.54) is 0 Å². The van der Waals surface area contributed by atoms with Gasteiger partial charge in [0, 0.05) is 60.5 Å². The summed E-state index contributed by atoms with van der Waals surface area (Å²) in [4.78, 5) is 22.6. The molecule has 2 unspecified atom stereocenters. The Hall–Kier alpha value is -3.19. The number of carbonyl (C=O) groups excluding carboxylic acids is 1. The molecule has 6 nitrogen and oxygen atoms in total. The lowest BCUT2D eigenvalue weighted by molar-refractivity contribution is -0.138. The van der Waals surface area contributed by atoms with Gasteiger partial charge in [-0.05, 0) is 80.1 Å². The van der Waals surface area contributed by atoms with E-state index in [0.29, 0.717) is 18.2 Å². The van der Waals surface area contributed by atoms with Crippen molar-refractivity contribution < 1.29 is 14.6 Å². The third-order valence-corrected chi connectivity index (χ3v) is 8.84. The normalized spacial score (nSPS) is 18.6. The van der Waals surface area contributed by atoms with Crippen LogP contribution >= 0.6 is 11.6 Å². The molecule has 222 valence electrons. The molecule has 3 heterocycles. The molecule has 1 aromatic heterocycles. The van der Waals surface area contributed by atoms with E-state index in [-0.39, 0.29) is 17.9 Å². The van der Waals surface area contributed by atoms with Gasteiger partial charge in [0.1, 0.15) is 12.4 Å². The Morgan fingerprint density at radius 1 is 1.21 bits per heavy atom. The van der Waals surface area contributed by atoms with Crippen LogP contribution in [0, 0.1) is 5.92 Å². The number of aliphatic hydroxyl groups is 1. The zero-order valence-corrected chi connectivity index (χ0v) is 25.9. The van der Waals surface area contributed by atoms with Gasteiger partial charge in [-0.3, -0.25) is 9.78 Å². The van der Waals surface area contributed by atoms with E-state index in [9.17, 15) is 9.90 Å². The zero-order valence-electron chi connectivity index (χ0n) is 25.1. The van der Waals surface area contributed by atoms with Crippen LogP contribution in [0.2, 0.25) is 5.02 Å². The molecule has 2 aliphatic rings. The van der Waals surface area contributed by atoms with Crippen molar-refractivity contribution in [3.63, 3.8) is 0 Å². The average molecular weight is 588 g/mol. The Bertz CT molecular complexity index is 1430. The van der Waals surface area contributed by atoms with Gasteiger partial charge in [0.25, 0.3) is 0 Å². The standard InChI is InChI=1S/C35H42ClN3O3/c1-5-24(2)34(40)39(21-25-10-13-27(36)14-11-25)28-16-19-38(22-28)18-7-9-29-30-8-6-17-37-32(30)23-42-33-15-12-26(20-31(29)33)35(3,4)41/h6,8-15,17,20,24,28,41H,5,7,16,18-19,21-23H2,1-4H3/b29-9-. The first-order valence-electron chi connectivity index (χ1n) is 15.1. The number of pyridine rings is 1. The first kappa shape index (κ1) is 30.3. The second kappa shape index (κ2) is 13.0. The highest BCUT2D eigenvalue weighted by molar-refractivity contribution is 6.30. The quantitative estimate of drug-likeness (QED) is 0.297. The van der Waals surface area contributed by atoms with E-state index in [1.54, 1.807) is 20.0 Å². The summed E-state index contributed by atoms with van der Waals surface area (Å²) < 4.78 is 6.16. The Kier molecular flexibility index (Phi) is 9.36. The number of likely N-dealkylation sites (tertiary alicyclic amines) is 1. The van der Waals surface area contributed by atoms with E-state index >= 15 is 0 Å². The highest BCUT2D eigenvalue weighted by atomic mass is 35.5. The number of benzene rings is 2. The Morgan fingerprint density at radius 3 is 2.74 bits per heavy atom. The first-order chi connectivity index (χ1) is 20.1. The number of fused-ring (bicyclic) bond motifs is 2. The lowest BCUT2D eigenvalue weighted by Gasteiger charge is -2.31. The maximum Gasteiger partial charge on any atom is 0.225 e. The molecule has 0 bridgehead atoms. The van der Waals surface area contributed by atoms with Gasteiger partial charge >= 0.3 is 0 Å². The van der Waals surface area contributed by atoms with E-state index in [1.807, 2.05) is 55.5 Å². The third kappa shape index (κ3) is 6.88. The number of aromatic nitrogens is 1. The number of rotatable bonds is 9. The number of hydrogen-bond donors (Lipinski definition) is 1. The summed E-state index contributed by atoms with van der Waals surface area (Å²) in [7, 11) is 0. The van der Waals surface area contributed by atoms with Gasteiger partial charge in [0.15, 0.2) is 0 Å². The number of halogens is 1. The molecule has 7 heteroatoms. The van der Waals surface area contributed by atoms with Crippen molar-refractivity contribution in [2.75, 3.05) is 19.6 Å². The number of ether oxygens (including phenoxy) is 1. The highest BCUT2D eigenvalue weighted by Gasteiger charge is 2.32. The summed E-state index contributed by atoms with van der Waals surface area (Å²) in [6.45, 7) is 11.4. The van der Waals surface area contributed by atoms with Crippen LogP contribution in [-0.4, -0.2) is 51.5 Å². The molecule has 2 atom stereocenters. The maximum absolute atomic E-state index is 13.5. The molecule has 0 radical (unpaired) electrons. The number of hydrogen-bond acceptors (Lipinski definition) is 5. The largest absolute Gasteiger partial charge is 0.487 e. The van der Waals surface area contributed by atoms with Gasteiger partial charge in [-0.1, -0.05) is 55.8 Å². The molecule has 1 N–H and O–H groups in total. The minimum absolute atomic E-state index is 0.00364. The fourth-order valence-electron chi connectivity index (χ4n) is 5.85. The second-order valence-corrected chi connectivity index (χ2v) is 12.5. The Morgan fingerprint density at radius 2 is 2.00 bits per heavy atom. The van der Waals surface area contributed by atoms with E-state index < -0.39 is 5.60 Å². The minimum Gasteiger partial charge on any atom is -0.487 e. The fourth-order valence-corrected chi connectivity index (χ4v) is 5.97. The van der Waals surface area contributed by atoms with E-state index in [0.717, 1.165) is 78.2 Å². The van der Waals surface area contributed by atoms with Gasteiger partial charge in [-0.25, -0.2) is 0 Å². The Labute approximate surface area is 255 Å². The molecule has 5 rings (SSSR count). The van der Waals surface area contributed by atoms with Crippen molar-refractivity contribution in [3.05, 3.63) is 99.8 Å². The predicted molar refractivity (Wildman–Crippen MR) is 168 cm³/mol. The summed E-state index contributed by atoms with van der Waals surface area (Å²) in [5.41, 5.74) is 5.03. The maximum atomic E-state index is 13.5. The van der Waals surface area contributed by atoms with Crippen LogP contribution in [0.3, 0.4) is 0 Å². The SMILES string of the molecule is CCC(C)C(=O)N(Cc1ccc(Cl)cc1)C1CCN(CC/C=C2\c3cc(C(C)(C)O)ccc3OCc3ncccc32)C1. The molecular weight excluding hydrogens is 546 g/mol. The van der Waals surface area contributed by atoms with Crippen molar-refractivity contribution in [3.8, 4) is 5.75 Å². The molecule has 42 heavy (non-hydrogen) atoms. The predicted octanol–water partition coefficient (Wildman–Crippen LogP) is 6.83. The fraction of sp³-hybridized carbons (Fsp3) is 0.429. The summed E-state index contributed by atoms with van der Waals surface area (Å²) in [6.07, 6.45) is 6.73. The topological polar surface area (TPSA) is 65.9 Å². The minimum atomic E-state index is -0.959. The van der Waals surface area contributed by atoms with Crippen molar-refractivity contribution >= 4 is 23.1 Å². The van der Waals surface area contributed by atoms with Crippen LogP contribution in [0.25, 0.3) is 5.57 Å². The van der Waals surface area contributed by atoms with Gasteiger partial charge in [-0.15, -0.1) is 0 Å². The zero-order chi connectivity index (χ0) is 29.9. The highest BCUT2D eigenvalue weighted by Crippen LogP contribution is 2.38. The van der Waals surface area contributed by atoms with Gasteiger partial charge in [-0.2, -0.15) is 0 Å². The molecule has 0 spiro atoms. The third-order valence-electron chi connectivity index (χ3n) is 8.59. The van der Waals surface area contributed by atoms with E-state index in [2.05, 4.69) is 33.8 Å². The molecule has 3 aromatic rings. The molecule has 1 fully saturated rings. The summed E-state index contributed by atoms with van der Waals surface area (Å²) in [5.74, 6) is 1.02. The smallest absolute Gasteiger partial charge is 0.225 e. The Balaban J connectivity index is 1.34. The molecule has 2 aromatic carbocycles. The lowest BCUT2D eigenvalue weighted by atomic mass is 9.90. The average Bonchev–Trinajstić information content (AvgIpc) is 3.39.